The SMILES string of the molecule is CC(=O)N[C@H]1CSC(=O)[C@H](Cc2ccccc2)NC(=O)[C@H](CC(C)C)NC(=O)CNC(=O)CNC1=O. The Balaban J connectivity index is 2.33. The Hall–Kier alpha value is -3.41. The number of carbonyl (C=O) groups is 6. The van der Waals surface area contributed by atoms with Crippen molar-refractivity contribution in [2.24, 2.45) is 5.92 Å². The highest BCUT2D eigenvalue weighted by Crippen LogP contribution is 2.14. The van der Waals surface area contributed by atoms with Crippen molar-refractivity contribution in [3.63, 3.8) is 0 Å². The first kappa shape index (κ1) is 28.8. The zero-order valence-corrected chi connectivity index (χ0v) is 21.4. The highest BCUT2D eigenvalue weighted by Gasteiger charge is 2.30. The summed E-state index contributed by atoms with van der Waals surface area (Å²) in [5.41, 5.74) is 0.814. The third-order valence-electron chi connectivity index (χ3n) is 5.20. The van der Waals surface area contributed by atoms with Gasteiger partial charge in [-0.2, -0.15) is 0 Å². The van der Waals surface area contributed by atoms with Gasteiger partial charge < -0.3 is 26.6 Å². The number of nitrogens with one attached hydrogen (secondary N) is 5. The molecule has 36 heavy (non-hydrogen) atoms. The van der Waals surface area contributed by atoms with Crippen LogP contribution in [-0.4, -0.2) is 71.6 Å². The summed E-state index contributed by atoms with van der Waals surface area (Å²) in [6.07, 6.45) is 0.527. The number of thioether (sulfide) groups is 1. The van der Waals surface area contributed by atoms with Crippen LogP contribution in [0.4, 0.5) is 0 Å². The molecule has 5 amide bonds. The third kappa shape index (κ3) is 10.1. The highest BCUT2D eigenvalue weighted by atomic mass is 32.2. The van der Waals surface area contributed by atoms with Crippen LogP contribution in [0.5, 0.6) is 0 Å². The van der Waals surface area contributed by atoms with E-state index in [2.05, 4.69) is 26.6 Å². The molecule has 11 nitrogen and oxygen atoms in total. The Morgan fingerprint density at radius 2 is 1.61 bits per heavy atom. The average Bonchev–Trinajstić information content (AvgIpc) is 2.82. The molecule has 0 saturated carbocycles. The Labute approximate surface area is 214 Å². The maximum atomic E-state index is 13.2. The fraction of sp³-hybridized carbons (Fsp3) is 0.500. The highest BCUT2D eigenvalue weighted by molar-refractivity contribution is 8.13. The smallest absolute Gasteiger partial charge is 0.243 e. The summed E-state index contributed by atoms with van der Waals surface area (Å²) in [6, 6.07) is 6.19. The quantitative estimate of drug-likeness (QED) is 0.342. The molecule has 0 unspecified atom stereocenters. The van der Waals surface area contributed by atoms with E-state index in [9.17, 15) is 28.8 Å². The molecule has 1 fully saturated rings. The molecule has 1 aromatic rings. The molecule has 1 aromatic carbocycles. The van der Waals surface area contributed by atoms with Gasteiger partial charge in [0.2, 0.25) is 34.7 Å². The predicted octanol–water partition coefficient (Wildman–Crippen LogP) is -0.745. The van der Waals surface area contributed by atoms with E-state index in [-0.39, 0.29) is 18.1 Å². The topological polar surface area (TPSA) is 163 Å². The minimum atomic E-state index is -1.08. The van der Waals surface area contributed by atoms with Crippen molar-refractivity contribution >= 4 is 46.4 Å². The van der Waals surface area contributed by atoms with Crippen molar-refractivity contribution < 1.29 is 28.8 Å². The second-order valence-electron chi connectivity index (χ2n) is 8.88. The number of hydrogen-bond acceptors (Lipinski definition) is 7. The predicted molar refractivity (Wildman–Crippen MR) is 135 cm³/mol. The second-order valence-corrected chi connectivity index (χ2v) is 9.90. The molecule has 0 aliphatic carbocycles. The molecule has 1 aliphatic rings. The lowest BCUT2D eigenvalue weighted by Gasteiger charge is -2.25. The molecule has 0 radical (unpaired) electrons. The number of hydrogen-bond donors (Lipinski definition) is 5. The van der Waals surface area contributed by atoms with Gasteiger partial charge in [-0.05, 0) is 17.9 Å². The van der Waals surface area contributed by atoms with Crippen LogP contribution in [-0.2, 0) is 35.2 Å². The van der Waals surface area contributed by atoms with Crippen molar-refractivity contribution in [2.45, 2.75) is 51.7 Å². The molecule has 1 aliphatic heterocycles. The van der Waals surface area contributed by atoms with Crippen LogP contribution in [0.1, 0.15) is 32.8 Å². The Morgan fingerprint density at radius 1 is 0.944 bits per heavy atom. The molecule has 0 spiro atoms. The average molecular weight is 520 g/mol. The van der Waals surface area contributed by atoms with Crippen molar-refractivity contribution in [3.8, 4) is 0 Å². The van der Waals surface area contributed by atoms with Gasteiger partial charge in [-0.3, -0.25) is 28.8 Å². The maximum Gasteiger partial charge on any atom is 0.243 e. The molecule has 3 atom stereocenters. The third-order valence-corrected chi connectivity index (χ3v) is 6.27. The molecule has 12 heteroatoms. The molecular weight excluding hydrogens is 486 g/mol. The van der Waals surface area contributed by atoms with Gasteiger partial charge in [-0.25, -0.2) is 0 Å². The number of amides is 5. The van der Waals surface area contributed by atoms with Crippen molar-refractivity contribution in [1.29, 1.82) is 0 Å². The molecule has 0 aromatic heterocycles. The second kappa shape index (κ2) is 14.2. The van der Waals surface area contributed by atoms with Gasteiger partial charge in [0.1, 0.15) is 18.1 Å². The molecule has 2 rings (SSSR count). The van der Waals surface area contributed by atoms with Crippen LogP contribution in [0.2, 0.25) is 0 Å². The Kier molecular flexibility index (Phi) is 11.4. The van der Waals surface area contributed by atoms with E-state index < -0.39 is 65.9 Å². The lowest BCUT2D eigenvalue weighted by Crippen LogP contribution is -2.55. The zero-order chi connectivity index (χ0) is 26.7. The van der Waals surface area contributed by atoms with Gasteiger partial charge in [-0.1, -0.05) is 55.9 Å². The fourth-order valence-corrected chi connectivity index (χ4v) is 4.40. The molecular formula is C24H33N5O6S. The summed E-state index contributed by atoms with van der Waals surface area (Å²) in [6.45, 7) is 4.21. The summed E-state index contributed by atoms with van der Waals surface area (Å²) < 4.78 is 0. The van der Waals surface area contributed by atoms with Gasteiger partial charge in [0, 0.05) is 19.1 Å². The van der Waals surface area contributed by atoms with Crippen LogP contribution >= 0.6 is 11.8 Å². The minimum Gasteiger partial charge on any atom is -0.346 e. The molecule has 196 valence electrons. The van der Waals surface area contributed by atoms with Gasteiger partial charge in [0.25, 0.3) is 0 Å². The Morgan fingerprint density at radius 3 is 2.25 bits per heavy atom. The van der Waals surface area contributed by atoms with E-state index in [1.807, 2.05) is 44.2 Å². The summed E-state index contributed by atoms with van der Waals surface area (Å²) in [7, 11) is 0. The van der Waals surface area contributed by atoms with E-state index >= 15 is 0 Å². The lowest BCUT2D eigenvalue weighted by atomic mass is 10.0. The first-order chi connectivity index (χ1) is 17.0. The summed E-state index contributed by atoms with van der Waals surface area (Å²) in [4.78, 5) is 75.0. The van der Waals surface area contributed by atoms with E-state index in [0.717, 1.165) is 17.3 Å². The minimum absolute atomic E-state index is 0.0625. The van der Waals surface area contributed by atoms with Crippen LogP contribution in [0.3, 0.4) is 0 Å². The zero-order valence-electron chi connectivity index (χ0n) is 20.6. The summed E-state index contributed by atoms with van der Waals surface area (Å²) in [5.74, 6) is -2.90. The monoisotopic (exact) mass is 519 g/mol. The van der Waals surface area contributed by atoms with E-state index in [1.165, 1.54) is 6.92 Å². The number of carbonyl (C=O) groups excluding carboxylic acids is 6. The van der Waals surface area contributed by atoms with Crippen LogP contribution in [0.15, 0.2) is 30.3 Å². The number of benzene rings is 1. The lowest BCUT2D eigenvalue weighted by molar-refractivity contribution is -0.131. The van der Waals surface area contributed by atoms with Gasteiger partial charge in [-0.15, -0.1) is 0 Å². The van der Waals surface area contributed by atoms with E-state index in [0.29, 0.717) is 6.42 Å². The largest absolute Gasteiger partial charge is 0.346 e. The number of rotatable bonds is 5. The van der Waals surface area contributed by atoms with Gasteiger partial charge in [0.15, 0.2) is 0 Å². The molecule has 1 saturated heterocycles. The first-order valence-electron chi connectivity index (χ1n) is 11.7. The molecule has 0 bridgehead atoms. The summed E-state index contributed by atoms with van der Waals surface area (Å²) >= 11 is 0.795. The first-order valence-corrected chi connectivity index (χ1v) is 12.7. The molecule has 1 heterocycles. The Bertz CT molecular complexity index is 971. The van der Waals surface area contributed by atoms with Crippen LogP contribution < -0.4 is 26.6 Å². The standard InChI is InChI=1S/C24H33N5O6S/c1-14(2)9-17-23(34)29-18(10-16-7-5-4-6-8-16)24(35)36-13-19(27-15(3)30)22(33)26-11-20(31)25-12-21(32)28-17/h4-8,14,17-19H,9-13H2,1-3H3,(H,25,31)(H,26,33)(H,27,30)(H,28,32)(H,29,34)/t17-,18-,19-/m0/s1. The van der Waals surface area contributed by atoms with Crippen molar-refractivity contribution in [2.75, 3.05) is 18.8 Å². The van der Waals surface area contributed by atoms with Crippen molar-refractivity contribution in [1.82, 2.24) is 26.6 Å². The summed E-state index contributed by atoms with van der Waals surface area (Å²) in [5, 5.41) is 12.2. The van der Waals surface area contributed by atoms with Crippen LogP contribution in [0.25, 0.3) is 0 Å². The van der Waals surface area contributed by atoms with E-state index in [1.54, 1.807) is 0 Å². The maximum absolute atomic E-state index is 13.2. The fourth-order valence-electron chi connectivity index (χ4n) is 3.49. The van der Waals surface area contributed by atoms with Gasteiger partial charge >= 0.3 is 0 Å². The van der Waals surface area contributed by atoms with E-state index in [4.69, 9.17) is 0 Å². The molecule has 5 N–H and O–H groups in total. The van der Waals surface area contributed by atoms with Crippen LogP contribution in [0, 0.1) is 5.92 Å². The van der Waals surface area contributed by atoms with Gasteiger partial charge in [0.05, 0.1) is 13.1 Å². The normalized spacial score (nSPS) is 22.8. The van der Waals surface area contributed by atoms with Crippen molar-refractivity contribution in [3.05, 3.63) is 35.9 Å².